The van der Waals surface area contributed by atoms with Crippen LogP contribution in [0.4, 0.5) is 10.5 Å². The van der Waals surface area contributed by atoms with E-state index < -0.39 is 20.0 Å². The number of nitrogens with one attached hydrogen (secondary N) is 2. The van der Waals surface area contributed by atoms with Crippen LogP contribution in [0.3, 0.4) is 0 Å². The van der Waals surface area contributed by atoms with Crippen LogP contribution >= 0.6 is 0 Å². The third kappa shape index (κ3) is 6.65. The number of anilines is 1. The maximum Gasteiger partial charge on any atom is 0.412 e. The summed E-state index contributed by atoms with van der Waals surface area (Å²) >= 11 is 0. The van der Waals surface area contributed by atoms with Gasteiger partial charge in [-0.1, -0.05) is 32.9 Å². The number of carbonyl (C=O) groups excluding carboxylic acids is 3. The largest absolute Gasteiger partial charge is 0.444 e. The van der Waals surface area contributed by atoms with E-state index in [1.165, 1.54) is 0 Å². The molecule has 0 radical (unpaired) electrons. The average Bonchev–Trinajstić information content (AvgIpc) is 2.57. The van der Waals surface area contributed by atoms with Crippen LogP contribution in [0.2, 0.25) is 18.1 Å². The van der Waals surface area contributed by atoms with Crippen molar-refractivity contribution in [3.63, 3.8) is 0 Å². The Morgan fingerprint density at radius 1 is 1.16 bits per heavy atom. The molecule has 0 saturated carbocycles. The van der Waals surface area contributed by atoms with Gasteiger partial charge in [0.05, 0.1) is 18.1 Å². The number of hydrogen-bond donors (Lipinski definition) is 2. The first-order valence-electron chi connectivity index (χ1n) is 11.1. The molecule has 1 aromatic rings. The third-order valence-corrected chi connectivity index (χ3v) is 10.7. The highest BCUT2D eigenvalue weighted by Crippen LogP contribution is 2.39. The van der Waals surface area contributed by atoms with Gasteiger partial charge in [-0.25, -0.2) is 4.79 Å². The minimum Gasteiger partial charge on any atom is -0.444 e. The summed E-state index contributed by atoms with van der Waals surface area (Å²) in [5.41, 5.74) is 0.336. The molecule has 32 heavy (non-hydrogen) atoms. The zero-order valence-corrected chi connectivity index (χ0v) is 21.8. The van der Waals surface area contributed by atoms with Crippen LogP contribution in [0.1, 0.15) is 65.2 Å². The van der Waals surface area contributed by atoms with Crippen molar-refractivity contribution < 1.29 is 23.5 Å². The van der Waals surface area contributed by atoms with E-state index >= 15 is 0 Å². The number of benzene rings is 1. The van der Waals surface area contributed by atoms with Gasteiger partial charge < -0.3 is 14.5 Å². The summed E-state index contributed by atoms with van der Waals surface area (Å²) in [6.45, 7) is 18.1. The van der Waals surface area contributed by atoms with Crippen molar-refractivity contribution in [2.45, 2.75) is 90.8 Å². The topological polar surface area (TPSA) is 93.7 Å². The molecule has 0 unspecified atom stereocenters. The lowest BCUT2D eigenvalue weighted by Gasteiger charge is -2.45. The van der Waals surface area contributed by atoms with E-state index in [0.29, 0.717) is 11.3 Å². The summed E-state index contributed by atoms with van der Waals surface area (Å²) in [7, 11) is -2.03. The second kappa shape index (κ2) is 9.35. The molecule has 1 aromatic carbocycles. The fourth-order valence-electron chi connectivity index (χ4n) is 3.40. The van der Waals surface area contributed by atoms with Crippen LogP contribution in [0.5, 0.6) is 0 Å². The Morgan fingerprint density at radius 3 is 2.31 bits per heavy atom. The first-order chi connectivity index (χ1) is 14.5. The second-order valence-corrected chi connectivity index (χ2v) is 15.8. The van der Waals surface area contributed by atoms with Crippen molar-refractivity contribution in [2.75, 3.05) is 5.32 Å². The Kier molecular flexibility index (Phi) is 7.62. The molecule has 1 aliphatic rings. The van der Waals surface area contributed by atoms with Crippen molar-refractivity contribution in [1.29, 1.82) is 0 Å². The molecule has 7 nitrogen and oxygen atoms in total. The zero-order chi connectivity index (χ0) is 24.5. The second-order valence-electron chi connectivity index (χ2n) is 11.1. The van der Waals surface area contributed by atoms with E-state index in [1.807, 2.05) is 6.92 Å². The van der Waals surface area contributed by atoms with Crippen molar-refractivity contribution in [1.82, 2.24) is 5.32 Å². The molecule has 8 heteroatoms. The normalized spacial score (nSPS) is 20.1. The molecule has 0 bridgehead atoms. The van der Waals surface area contributed by atoms with E-state index in [-0.39, 0.29) is 41.2 Å². The lowest BCUT2D eigenvalue weighted by molar-refractivity contribution is -0.139. The predicted molar refractivity (Wildman–Crippen MR) is 128 cm³/mol. The molecule has 2 rings (SSSR count). The molecule has 1 aliphatic heterocycles. The van der Waals surface area contributed by atoms with E-state index in [4.69, 9.17) is 9.16 Å². The van der Waals surface area contributed by atoms with Gasteiger partial charge >= 0.3 is 6.09 Å². The van der Waals surface area contributed by atoms with Gasteiger partial charge in [0.25, 0.3) is 0 Å². The zero-order valence-electron chi connectivity index (χ0n) is 20.8. The van der Waals surface area contributed by atoms with Gasteiger partial charge in [0.15, 0.2) is 14.1 Å². The lowest BCUT2D eigenvalue weighted by Crippen LogP contribution is -2.64. The molecule has 1 saturated heterocycles. The minimum absolute atomic E-state index is 0.0361. The Balaban J connectivity index is 2.03. The van der Waals surface area contributed by atoms with Gasteiger partial charge in [-0.2, -0.15) is 0 Å². The van der Waals surface area contributed by atoms with E-state index in [1.54, 1.807) is 45.0 Å². The number of β-lactam (4-membered cyclic amide) rings is 1. The molecule has 0 spiro atoms. The molecule has 178 valence electrons. The van der Waals surface area contributed by atoms with E-state index in [9.17, 15) is 14.4 Å². The van der Waals surface area contributed by atoms with Crippen molar-refractivity contribution >= 4 is 31.8 Å². The Bertz CT molecular complexity index is 870. The predicted octanol–water partition coefficient (Wildman–Crippen LogP) is 5.13. The fourth-order valence-corrected chi connectivity index (χ4v) is 4.83. The summed E-state index contributed by atoms with van der Waals surface area (Å²) in [4.78, 5) is 37.2. The molecule has 1 heterocycles. The highest BCUT2D eigenvalue weighted by molar-refractivity contribution is 6.74. The Morgan fingerprint density at radius 2 is 1.78 bits per heavy atom. The average molecular weight is 463 g/mol. The number of ether oxygens (including phenoxy) is 1. The molecule has 0 aliphatic carbocycles. The maximum absolute atomic E-state index is 12.9. The van der Waals surface area contributed by atoms with E-state index in [2.05, 4.69) is 44.5 Å². The molecule has 2 N–H and O–H groups in total. The van der Waals surface area contributed by atoms with Crippen LogP contribution in [-0.2, 0) is 14.0 Å². The van der Waals surface area contributed by atoms with Crippen LogP contribution in [0, 0.1) is 5.92 Å². The van der Waals surface area contributed by atoms with Crippen LogP contribution in [0.25, 0.3) is 0 Å². The number of rotatable bonds is 7. The summed E-state index contributed by atoms with van der Waals surface area (Å²) < 4.78 is 11.7. The summed E-state index contributed by atoms with van der Waals surface area (Å²) in [6.07, 6.45) is -0.662. The van der Waals surface area contributed by atoms with Crippen molar-refractivity contribution in [2.24, 2.45) is 5.92 Å². The van der Waals surface area contributed by atoms with Crippen molar-refractivity contribution in [3.8, 4) is 0 Å². The molecule has 3 atom stereocenters. The molecule has 2 amide bonds. The number of amides is 2. The van der Waals surface area contributed by atoms with Gasteiger partial charge in [0.1, 0.15) is 5.60 Å². The maximum atomic E-state index is 12.9. The van der Waals surface area contributed by atoms with Crippen molar-refractivity contribution in [3.05, 3.63) is 29.8 Å². The highest BCUT2D eigenvalue weighted by Gasteiger charge is 2.47. The fraction of sp³-hybridized carbons (Fsp3) is 0.625. The molecule has 1 fully saturated rings. The highest BCUT2D eigenvalue weighted by atomic mass is 28.4. The van der Waals surface area contributed by atoms with E-state index in [0.717, 1.165) is 0 Å². The van der Waals surface area contributed by atoms with Crippen LogP contribution < -0.4 is 10.6 Å². The Hall–Kier alpha value is -2.19. The quantitative estimate of drug-likeness (QED) is 0.333. The summed E-state index contributed by atoms with van der Waals surface area (Å²) in [5.74, 6) is -0.530. The molecule has 0 aromatic heterocycles. The Labute approximate surface area is 192 Å². The number of carbonyl (C=O) groups is 3. The number of ketones is 1. The van der Waals surface area contributed by atoms with Gasteiger partial charge in [0, 0.05) is 17.7 Å². The van der Waals surface area contributed by atoms with Gasteiger partial charge in [0.2, 0.25) is 5.91 Å². The summed E-state index contributed by atoms with van der Waals surface area (Å²) in [6, 6.07) is 6.46. The smallest absolute Gasteiger partial charge is 0.412 e. The lowest BCUT2D eigenvalue weighted by atomic mass is 9.82. The number of hydrogen-bond acceptors (Lipinski definition) is 5. The summed E-state index contributed by atoms with van der Waals surface area (Å²) in [5, 5.41) is 5.54. The van der Waals surface area contributed by atoms with Gasteiger partial charge in [-0.3, -0.25) is 14.9 Å². The van der Waals surface area contributed by atoms with Gasteiger partial charge in [-0.15, -0.1) is 0 Å². The van der Waals surface area contributed by atoms with Crippen LogP contribution in [-0.4, -0.2) is 43.8 Å². The first-order valence-corrected chi connectivity index (χ1v) is 14.0. The van der Waals surface area contributed by atoms with Gasteiger partial charge in [-0.05, 0) is 58.0 Å². The first kappa shape index (κ1) is 26.1. The third-order valence-electron chi connectivity index (χ3n) is 6.09. The monoisotopic (exact) mass is 462 g/mol. The SMILES string of the molecule is C[C@H](O[Si](C)(C)C(C)(C)C)[C@H]1C(=O)N[C@@H]1CC(=O)c1cccc(NC(=O)OC(C)(C)C)c1. The minimum atomic E-state index is -2.03. The molecular weight excluding hydrogens is 424 g/mol. The van der Waals surface area contributed by atoms with Crippen LogP contribution in [0.15, 0.2) is 24.3 Å². The molecular formula is C24H38N2O5Si. The number of Topliss-reactive ketones (excluding diaryl/α,β-unsaturated/α-hetero) is 1. The standard InChI is InChI=1S/C24H38N2O5Si/c1-15(31-32(8,9)24(5,6)7)20-18(26-21(20)28)14-19(27)16-11-10-12-17(13-16)25-22(29)30-23(2,3)4/h10-13,15,18,20H,14H2,1-9H3,(H,25,29)(H,26,28)/t15-,18+,20+/m0/s1.